The Labute approximate surface area is 185 Å². The van der Waals surface area contributed by atoms with Crippen LogP contribution in [0.3, 0.4) is 0 Å². The summed E-state index contributed by atoms with van der Waals surface area (Å²) in [5.41, 5.74) is 1.42. The summed E-state index contributed by atoms with van der Waals surface area (Å²) in [4.78, 5) is 6.67. The average Bonchev–Trinajstić information content (AvgIpc) is 3.28. The molecule has 31 heavy (non-hydrogen) atoms. The van der Waals surface area contributed by atoms with Gasteiger partial charge < -0.3 is 14.2 Å². The van der Waals surface area contributed by atoms with E-state index in [0.29, 0.717) is 12.5 Å². The minimum Gasteiger partial charge on any atom is -0.376 e. The molecule has 1 aliphatic carbocycles. The summed E-state index contributed by atoms with van der Waals surface area (Å²) in [6.07, 6.45) is 8.44. The molecule has 1 N–H and O–H groups in total. The Kier molecular flexibility index (Phi) is 6.69. The van der Waals surface area contributed by atoms with Crippen LogP contribution in [0.4, 0.5) is 5.82 Å². The summed E-state index contributed by atoms with van der Waals surface area (Å²) < 4.78 is 35.1. The molecule has 0 amide bonds. The number of aromatic nitrogens is 2. The lowest BCUT2D eigenvalue weighted by atomic mass is 9.83. The highest BCUT2D eigenvalue weighted by Crippen LogP contribution is 2.34. The second kappa shape index (κ2) is 9.30. The van der Waals surface area contributed by atoms with Crippen LogP contribution in [-0.2, 0) is 21.8 Å². The minimum absolute atomic E-state index is 0.0450. The van der Waals surface area contributed by atoms with Crippen LogP contribution in [0.2, 0.25) is 0 Å². The number of nitrogens with one attached hydrogen (secondary N) is 1. The van der Waals surface area contributed by atoms with Gasteiger partial charge in [-0.25, -0.2) is 18.1 Å². The highest BCUT2D eigenvalue weighted by atomic mass is 32.2. The predicted molar refractivity (Wildman–Crippen MR) is 123 cm³/mol. The van der Waals surface area contributed by atoms with Gasteiger partial charge in [-0.3, -0.25) is 0 Å². The first-order valence-electron chi connectivity index (χ1n) is 11.2. The first kappa shape index (κ1) is 22.3. The van der Waals surface area contributed by atoms with Crippen LogP contribution in [0.5, 0.6) is 0 Å². The van der Waals surface area contributed by atoms with Crippen molar-refractivity contribution in [3.8, 4) is 0 Å². The fraction of sp³-hybridized carbons (Fsp3) is 0.609. The molecule has 0 spiro atoms. The van der Waals surface area contributed by atoms with E-state index in [-0.39, 0.29) is 18.2 Å². The topological polar surface area (TPSA) is 76.5 Å². The number of ether oxygens (including phenoxy) is 1. The van der Waals surface area contributed by atoms with E-state index in [1.54, 1.807) is 0 Å². The highest BCUT2D eigenvalue weighted by Gasteiger charge is 2.38. The maximum absolute atomic E-state index is 11.9. The molecule has 0 bridgehead atoms. The zero-order valence-corrected chi connectivity index (χ0v) is 19.5. The summed E-state index contributed by atoms with van der Waals surface area (Å²) in [5.74, 6) is 2.56. The molecule has 7 nitrogen and oxygen atoms in total. The normalized spacial score (nSPS) is 27.0. The van der Waals surface area contributed by atoms with Crippen LogP contribution >= 0.6 is 0 Å². The van der Waals surface area contributed by atoms with E-state index in [1.165, 1.54) is 11.8 Å². The van der Waals surface area contributed by atoms with E-state index in [2.05, 4.69) is 49.5 Å². The van der Waals surface area contributed by atoms with E-state index < -0.39 is 10.0 Å². The number of hydrogen-bond donors (Lipinski definition) is 1. The minimum atomic E-state index is -3.29. The number of nitrogens with zero attached hydrogens (tertiary/aromatic N) is 3. The second-order valence-electron chi connectivity index (χ2n) is 8.99. The molecule has 2 fully saturated rings. The third-order valence-electron chi connectivity index (χ3n) is 6.85. The smallest absolute Gasteiger partial charge is 0.209 e. The van der Waals surface area contributed by atoms with Crippen LogP contribution in [0.1, 0.15) is 49.4 Å². The number of hydrogen-bond acceptors (Lipinski definition) is 5. The van der Waals surface area contributed by atoms with Crippen molar-refractivity contribution in [2.75, 3.05) is 24.3 Å². The van der Waals surface area contributed by atoms with Crippen LogP contribution in [0.15, 0.2) is 36.5 Å². The number of benzene rings is 1. The Balaban J connectivity index is 1.40. The molecule has 1 saturated heterocycles. The van der Waals surface area contributed by atoms with Gasteiger partial charge in [-0.2, -0.15) is 0 Å². The van der Waals surface area contributed by atoms with Gasteiger partial charge in [0.25, 0.3) is 0 Å². The lowest BCUT2D eigenvalue weighted by Gasteiger charge is -2.33. The fourth-order valence-electron chi connectivity index (χ4n) is 5.04. The molecule has 0 unspecified atom stereocenters. The molecule has 1 aromatic heterocycles. The molecular weight excluding hydrogens is 412 g/mol. The summed E-state index contributed by atoms with van der Waals surface area (Å²) in [6.45, 7) is 3.27. The van der Waals surface area contributed by atoms with Crippen LogP contribution in [0, 0.1) is 6.92 Å². The quantitative estimate of drug-likeness (QED) is 0.708. The van der Waals surface area contributed by atoms with Crippen molar-refractivity contribution in [2.45, 2.75) is 63.1 Å². The number of sulfonamides is 1. The van der Waals surface area contributed by atoms with Gasteiger partial charge in [0.05, 0.1) is 31.2 Å². The van der Waals surface area contributed by atoms with Crippen LogP contribution in [-0.4, -0.2) is 55.6 Å². The van der Waals surface area contributed by atoms with Crippen molar-refractivity contribution in [3.05, 3.63) is 47.9 Å². The molecule has 1 aromatic carbocycles. The van der Waals surface area contributed by atoms with Gasteiger partial charge in [0, 0.05) is 19.6 Å². The maximum atomic E-state index is 11.9. The first-order chi connectivity index (χ1) is 14.8. The van der Waals surface area contributed by atoms with Crippen molar-refractivity contribution in [1.29, 1.82) is 0 Å². The Morgan fingerprint density at radius 1 is 1.13 bits per heavy atom. The predicted octanol–water partition coefficient (Wildman–Crippen LogP) is 2.97. The first-order valence-corrected chi connectivity index (χ1v) is 13.1. The van der Waals surface area contributed by atoms with Gasteiger partial charge in [-0.05, 0) is 50.5 Å². The van der Waals surface area contributed by atoms with Gasteiger partial charge in [0.2, 0.25) is 10.0 Å². The number of aryl methyl sites for hydroxylation is 1. The van der Waals surface area contributed by atoms with Crippen molar-refractivity contribution >= 4 is 15.8 Å². The third kappa shape index (κ3) is 5.30. The molecule has 170 valence electrons. The van der Waals surface area contributed by atoms with Crippen molar-refractivity contribution in [3.63, 3.8) is 0 Å². The SMILES string of the molecule is Cc1ncc(N2CC[C@H](NS(C)(=O)=O)[C@@H]2CO[C@H]2CC[C@@H](c3ccccc3)CC2)n1C. The lowest BCUT2D eigenvalue weighted by molar-refractivity contribution is 0.0156. The Hall–Kier alpha value is -1.90. The van der Waals surface area contributed by atoms with Crippen LogP contribution < -0.4 is 9.62 Å². The largest absolute Gasteiger partial charge is 0.376 e. The molecule has 0 radical (unpaired) electrons. The summed E-state index contributed by atoms with van der Waals surface area (Å²) >= 11 is 0. The van der Waals surface area contributed by atoms with E-state index in [0.717, 1.165) is 50.3 Å². The number of rotatable bonds is 7. The van der Waals surface area contributed by atoms with Gasteiger partial charge >= 0.3 is 0 Å². The monoisotopic (exact) mass is 446 g/mol. The molecule has 8 heteroatoms. The fourth-order valence-corrected chi connectivity index (χ4v) is 5.86. The molecule has 1 saturated carbocycles. The Bertz CT molecular complexity index is 968. The molecule has 2 atom stereocenters. The Morgan fingerprint density at radius 3 is 2.45 bits per heavy atom. The van der Waals surface area contributed by atoms with Crippen molar-refractivity contribution in [2.24, 2.45) is 7.05 Å². The van der Waals surface area contributed by atoms with Gasteiger partial charge in [-0.15, -0.1) is 0 Å². The van der Waals surface area contributed by atoms with Gasteiger partial charge in [-0.1, -0.05) is 30.3 Å². The number of imidazole rings is 1. The van der Waals surface area contributed by atoms with Gasteiger partial charge in [0.15, 0.2) is 0 Å². The second-order valence-corrected chi connectivity index (χ2v) is 10.8. The standard InChI is InChI=1S/C23H34N4O3S/c1-17-24-15-23(26(17)2)27-14-13-21(25-31(3,28)29)22(27)16-30-20-11-9-19(10-12-20)18-7-5-4-6-8-18/h4-8,15,19-22,25H,9-14,16H2,1-3H3/t19-,20+,21-,22-/m0/s1. The zero-order chi connectivity index (χ0) is 22.0. The highest BCUT2D eigenvalue weighted by molar-refractivity contribution is 7.88. The Morgan fingerprint density at radius 2 is 1.84 bits per heavy atom. The van der Waals surface area contributed by atoms with Crippen LogP contribution in [0.25, 0.3) is 0 Å². The van der Waals surface area contributed by atoms with Crippen molar-refractivity contribution in [1.82, 2.24) is 14.3 Å². The molecule has 2 aliphatic rings. The maximum Gasteiger partial charge on any atom is 0.209 e. The summed E-state index contributed by atoms with van der Waals surface area (Å²) in [6, 6.07) is 10.5. The summed E-state index contributed by atoms with van der Waals surface area (Å²) in [5, 5.41) is 0. The van der Waals surface area contributed by atoms with Gasteiger partial charge in [0.1, 0.15) is 11.6 Å². The van der Waals surface area contributed by atoms with E-state index >= 15 is 0 Å². The molecule has 2 aromatic rings. The summed E-state index contributed by atoms with van der Waals surface area (Å²) in [7, 11) is -1.29. The van der Waals surface area contributed by atoms with Crippen molar-refractivity contribution < 1.29 is 13.2 Å². The molecule has 2 heterocycles. The number of anilines is 1. The third-order valence-corrected chi connectivity index (χ3v) is 7.58. The molecular formula is C23H34N4O3S. The van der Waals surface area contributed by atoms with E-state index in [1.807, 2.05) is 20.2 Å². The average molecular weight is 447 g/mol. The van der Waals surface area contributed by atoms with E-state index in [9.17, 15) is 8.42 Å². The van der Waals surface area contributed by atoms with E-state index in [4.69, 9.17) is 4.74 Å². The zero-order valence-electron chi connectivity index (χ0n) is 18.7. The molecule has 1 aliphatic heterocycles. The lowest BCUT2D eigenvalue weighted by Crippen LogP contribution is -2.48. The molecule has 4 rings (SSSR count).